The lowest BCUT2D eigenvalue weighted by Crippen LogP contribution is -2.55. The summed E-state index contributed by atoms with van der Waals surface area (Å²) in [6.07, 6.45) is -0.459. The standard InChI is InChI=1S/C20H20N2O4/c23-19(24)18-11-22(10-9-21-18)20(25)26-12-17-15-7-3-1-5-13(15)14-6-2-4-8-16(14)17/h1-8,17-18,21H,9-12H2,(H,23,24)/t18-/m1/s1. The monoisotopic (exact) mass is 352 g/mol. The molecule has 1 saturated heterocycles. The maximum absolute atomic E-state index is 12.4. The first kappa shape index (κ1) is 16.6. The Hall–Kier alpha value is -2.86. The number of nitrogens with one attached hydrogen (secondary N) is 1. The third kappa shape index (κ3) is 2.93. The molecule has 134 valence electrons. The summed E-state index contributed by atoms with van der Waals surface area (Å²) in [4.78, 5) is 25.0. The lowest BCUT2D eigenvalue weighted by atomic mass is 9.98. The normalized spacial score (nSPS) is 18.9. The van der Waals surface area contributed by atoms with Gasteiger partial charge in [-0.1, -0.05) is 48.5 Å². The summed E-state index contributed by atoms with van der Waals surface area (Å²) >= 11 is 0. The summed E-state index contributed by atoms with van der Waals surface area (Å²) < 4.78 is 5.57. The van der Waals surface area contributed by atoms with E-state index in [0.29, 0.717) is 13.1 Å². The van der Waals surface area contributed by atoms with E-state index in [-0.39, 0.29) is 19.1 Å². The molecule has 0 aromatic heterocycles. The first-order chi connectivity index (χ1) is 12.6. The number of amides is 1. The number of nitrogens with zero attached hydrogens (tertiary/aromatic N) is 1. The summed E-state index contributed by atoms with van der Waals surface area (Å²) in [6, 6.07) is 15.6. The minimum atomic E-state index is -0.957. The number of rotatable bonds is 3. The van der Waals surface area contributed by atoms with Gasteiger partial charge in [-0.05, 0) is 22.3 Å². The van der Waals surface area contributed by atoms with Crippen LogP contribution in [-0.4, -0.2) is 54.4 Å². The average Bonchev–Trinajstić information content (AvgIpc) is 3.00. The zero-order chi connectivity index (χ0) is 18.1. The maximum Gasteiger partial charge on any atom is 0.409 e. The molecule has 1 aliphatic heterocycles. The van der Waals surface area contributed by atoms with Crippen molar-refractivity contribution < 1.29 is 19.4 Å². The zero-order valence-corrected chi connectivity index (χ0v) is 14.2. The van der Waals surface area contributed by atoms with E-state index in [1.807, 2.05) is 24.3 Å². The number of fused-ring (bicyclic) bond motifs is 3. The Kier molecular flexibility index (Phi) is 4.34. The van der Waals surface area contributed by atoms with Crippen LogP contribution < -0.4 is 5.32 Å². The highest BCUT2D eigenvalue weighted by Gasteiger charge is 2.32. The summed E-state index contributed by atoms with van der Waals surface area (Å²) in [6.45, 7) is 1.25. The number of hydrogen-bond donors (Lipinski definition) is 2. The quantitative estimate of drug-likeness (QED) is 0.886. The van der Waals surface area contributed by atoms with Crippen LogP contribution in [0.25, 0.3) is 11.1 Å². The molecule has 1 atom stereocenters. The van der Waals surface area contributed by atoms with Crippen molar-refractivity contribution in [1.29, 1.82) is 0 Å². The number of piperazine rings is 1. The van der Waals surface area contributed by atoms with E-state index in [4.69, 9.17) is 9.84 Å². The molecule has 1 amide bonds. The predicted octanol–water partition coefficient (Wildman–Crippen LogP) is 2.29. The molecule has 2 aromatic rings. The second kappa shape index (κ2) is 6.80. The van der Waals surface area contributed by atoms with Gasteiger partial charge in [0.05, 0.1) is 6.54 Å². The van der Waals surface area contributed by atoms with Crippen molar-refractivity contribution in [3.63, 3.8) is 0 Å². The van der Waals surface area contributed by atoms with Crippen LogP contribution in [-0.2, 0) is 9.53 Å². The molecule has 0 unspecified atom stereocenters. The number of carbonyl (C=O) groups excluding carboxylic acids is 1. The number of aliphatic carboxylic acids is 1. The molecule has 26 heavy (non-hydrogen) atoms. The largest absolute Gasteiger partial charge is 0.480 e. The number of carboxylic acids is 1. The second-order valence-electron chi connectivity index (χ2n) is 6.59. The molecule has 0 radical (unpaired) electrons. The van der Waals surface area contributed by atoms with E-state index >= 15 is 0 Å². The van der Waals surface area contributed by atoms with Crippen LogP contribution in [0.4, 0.5) is 4.79 Å². The maximum atomic E-state index is 12.4. The average molecular weight is 352 g/mol. The van der Waals surface area contributed by atoms with Gasteiger partial charge in [0.25, 0.3) is 0 Å². The molecule has 2 N–H and O–H groups in total. The SMILES string of the molecule is O=C(O)[C@H]1CN(C(=O)OCC2c3ccccc3-c3ccccc32)CCN1. The van der Waals surface area contributed by atoms with Gasteiger partial charge in [-0.3, -0.25) is 4.79 Å². The van der Waals surface area contributed by atoms with Crippen LogP contribution in [0.5, 0.6) is 0 Å². The van der Waals surface area contributed by atoms with Crippen LogP contribution >= 0.6 is 0 Å². The van der Waals surface area contributed by atoms with E-state index in [1.165, 1.54) is 16.0 Å². The molecular weight excluding hydrogens is 332 g/mol. The third-order valence-electron chi connectivity index (χ3n) is 5.07. The van der Waals surface area contributed by atoms with Crippen molar-refractivity contribution >= 4 is 12.1 Å². The fourth-order valence-electron chi connectivity index (χ4n) is 3.77. The molecule has 6 nitrogen and oxygen atoms in total. The topological polar surface area (TPSA) is 78.9 Å². The van der Waals surface area contributed by atoms with Crippen molar-refractivity contribution in [3.8, 4) is 11.1 Å². The minimum absolute atomic E-state index is 0.00420. The molecule has 1 heterocycles. The molecule has 4 rings (SSSR count). The van der Waals surface area contributed by atoms with Gasteiger partial charge in [0.1, 0.15) is 12.6 Å². The molecule has 2 aliphatic rings. The molecule has 0 bridgehead atoms. The van der Waals surface area contributed by atoms with Crippen molar-refractivity contribution in [3.05, 3.63) is 59.7 Å². The summed E-state index contributed by atoms with van der Waals surface area (Å²) in [5.74, 6) is -0.953. The first-order valence-electron chi connectivity index (χ1n) is 8.71. The van der Waals surface area contributed by atoms with E-state index in [1.54, 1.807) is 0 Å². The van der Waals surface area contributed by atoms with Crippen molar-refractivity contribution in [2.24, 2.45) is 0 Å². The van der Waals surface area contributed by atoms with Gasteiger partial charge in [0, 0.05) is 19.0 Å². The van der Waals surface area contributed by atoms with E-state index in [9.17, 15) is 9.59 Å². The van der Waals surface area contributed by atoms with Crippen molar-refractivity contribution in [2.45, 2.75) is 12.0 Å². The van der Waals surface area contributed by atoms with E-state index in [2.05, 4.69) is 29.6 Å². The number of carboxylic acid groups (broad SMARTS) is 1. The van der Waals surface area contributed by atoms with Gasteiger partial charge < -0.3 is 20.1 Å². The predicted molar refractivity (Wildman–Crippen MR) is 96.1 cm³/mol. The Balaban J connectivity index is 1.48. The number of carbonyl (C=O) groups is 2. The van der Waals surface area contributed by atoms with Gasteiger partial charge in [-0.15, -0.1) is 0 Å². The highest BCUT2D eigenvalue weighted by atomic mass is 16.6. The molecule has 1 aliphatic carbocycles. The Labute approximate surface area is 151 Å². The van der Waals surface area contributed by atoms with Crippen LogP contribution in [0.2, 0.25) is 0 Å². The number of hydrogen-bond acceptors (Lipinski definition) is 4. The van der Waals surface area contributed by atoms with Gasteiger partial charge in [-0.25, -0.2) is 4.79 Å². The van der Waals surface area contributed by atoms with Gasteiger partial charge in [0.15, 0.2) is 0 Å². The highest BCUT2D eigenvalue weighted by Crippen LogP contribution is 2.44. The van der Waals surface area contributed by atoms with Gasteiger partial charge >= 0.3 is 12.1 Å². The van der Waals surface area contributed by atoms with Crippen molar-refractivity contribution in [2.75, 3.05) is 26.2 Å². The Bertz CT molecular complexity index is 806. The Morgan fingerprint density at radius 3 is 2.31 bits per heavy atom. The Morgan fingerprint density at radius 1 is 1.08 bits per heavy atom. The Morgan fingerprint density at radius 2 is 1.69 bits per heavy atom. The first-order valence-corrected chi connectivity index (χ1v) is 8.71. The van der Waals surface area contributed by atoms with E-state index < -0.39 is 18.1 Å². The molecule has 6 heteroatoms. The fraction of sp³-hybridized carbons (Fsp3) is 0.300. The van der Waals surface area contributed by atoms with Crippen LogP contribution in [0.15, 0.2) is 48.5 Å². The van der Waals surface area contributed by atoms with Gasteiger partial charge in [0.2, 0.25) is 0 Å². The van der Waals surface area contributed by atoms with Crippen LogP contribution in [0.3, 0.4) is 0 Å². The molecule has 1 fully saturated rings. The van der Waals surface area contributed by atoms with Crippen LogP contribution in [0, 0.1) is 0 Å². The van der Waals surface area contributed by atoms with Crippen LogP contribution in [0.1, 0.15) is 17.0 Å². The summed E-state index contributed by atoms with van der Waals surface area (Å²) in [7, 11) is 0. The minimum Gasteiger partial charge on any atom is -0.480 e. The van der Waals surface area contributed by atoms with E-state index in [0.717, 1.165) is 11.1 Å². The third-order valence-corrected chi connectivity index (χ3v) is 5.07. The molecule has 0 saturated carbocycles. The lowest BCUT2D eigenvalue weighted by Gasteiger charge is -2.31. The summed E-state index contributed by atoms with van der Waals surface area (Å²) in [5, 5.41) is 12.0. The number of ether oxygens (including phenoxy) is 1. The lowest BCUT2D eigenvalue weighted by molar-refractivity contribution is -0.140. The fourth-order valence-corrected chi connectivity index (χ4v) is 3.77. The number of benzene rings is 2. The molecule has 2 aromatic carbocycles. The van der Waals surface area contributed by atoms with Crippen molar-refractivity contribution in [1.82, 2.24) is 10.2 Å². The zero-order valence-electron chi connectivity index (χ0n) is 14.2. The molecule has 0 spiro atoms. The summed E-state index contributed by atoms with van der Waals surface area (Å²) in [5.41, 5.74) is 4.67. The van der Waals surface area contributed by atoms with Gasteiger partial charge in [-0.2, -0.15) is 0 Å². The highest BCUT2D eigenvalue weighted by molar-refractivity contribution is 5.79. The second-order valence-corrected chi connectivity index (χ2v) is 6.59. The smallest absolute Gasteiger partial charge is 0.409 e. The molecular formula is C20H20N2O4.